The summed E-state index contributed by atoms with van der Waals surface area (Å²) in [6.45, 7) is 0. The summed E-state index contributed by atoms with van der Waals surface area (Å²) in [5.74, 6) is 0. The van der Waals surface area contributed by atoms with Crippen LogP contribution in [-0.2, 0) is 14.9 Å². The van der Waals surface area contributed by atoms with Crippen LogP contribution in [0.3, 0.4) is 0 Å². The topological polar surface area (TPSA) is 75.7 Å². The first-order valence-electron chi connectivity index (χ1n) is 4.50. The van der Waals surface area contributed by atoms with Crippen LogP contribution < -0.4 is 5.32 Å². The summed E-state index contributed by atoms with van der Waals surface area (Å²) in [7, 11) is -1.66. The lowest BCUT2D eigenvalue weighted by atomic mass is 10.4. The molecule has 0 aliphatic heterocycles. The summed E-state index contributed by atoms with van der Waals surface area (Å²) in [6.07, 6.45) is 0. The summed E-state index contributed by atoms with van der Waals surface area (Å²) in [4.78, 5) is 15.8. The Hall–Kier alpha value is -1.31. The van der Waals surface area contributed by atoms with Gasteiger partial charge >= 0.3 is 6.03 Å². The molecular formula is C9H11ClN2O4S. The van der Waals surface area contributed by atoms with E-state index in [4.69, 9.17) is 11.6 Å². The highest BCUT2D eigenvalue weighted by Crippen LogP contribution is 2.18. The van der Waals surface area contributed by atoms with Gasteiger partial charge in [-0.25, -0.2) is 4.79 Å². The van der Waals surface area contributed by atoms with Crippen molar-refractivity contribution in [3.8, 4) is 0 Å². The van der Waals surface area contributed by atoms with Crippen LogP contribution in [0.5, 0.6) is 0 Å². The van der Waals surface area contributed by atoms with Crippen molar-refractivity contribution in [1.82, 2.24) is 9.79 Å². The zero-order valence-electron chi connectivity index (χ0n) is 9.18. The van der Waals surface area contributed by atoms with E-state index in [0.29, 0.717) is 5.02 Å². The standard InChI is InChI=1S/C9H11ClN2O4S/c1-11-9(13)12(16-2)17(14,15)8-5-3-7(10)4-6-8/h3-6H,1-2H3,(H,11,13). The van der Waals surface area contributed by atoms with Gasteiger partial charge in [-0.2, -0.15) is 8.42 Å². The number of benzene rings is 1. The van der Waals surface area contributed by atoms with Gasteiger partial charge in [0.2, 0.25) is 0 Å². The molecule has 0 radical (unpaired) electrons. The van der Waals surface area contributed by atoms with E-state index in [1.807, 2.05) is 0 Å². The van der Waals surface area contributed by atoms with Gasteiger partial charge in [0, 0.05) is 12.1 Å². The second kappa shape index (κ2) is 5.35. The molecule has 17 heavy (non-hydrogen) atoms. The summed E-state index contributed by atoms with van der Waals surface area (Å²) in [5.41, 5.74) is 0. The molecule has 0 aromatic heterocycles. The fourth-order valence-electron chi connectivity index (χ4n) is 1.08. The van der Waals surface area contributed by atoms with E-state index in [1.165, 1.54) is 31.3 Å². The van der Waals surface area contributed by atoms with Crippen LogP contribution in [0.2, 0.25) is 5.02 Å². The van der Waals surface area contributed by atoms with Crippen LogP contribution in [0.15, 0.2) is 29.2 Å². The zero-order valence-corrected chi connectivity index (χ0v) is 10.7. The van der Waals surface area contributed by atoms with E-state index in [0.717, 1.165) is 7.11 Å². The molecule has 0 saturated heterocycles. The molecule has 0 heterocycles. The Labute approximate surface area is 104 Å². The van der Waals surface area contributed by atoms with Crippen molar-refractivity contribution >= 4 is 27.7 Å². The molecule has 8 heteroatoms. The maximum absolute atomic E-state index is 12.0. The number of halogens is 1. The monoisotopic (exact) mass is 278 g/mol. The number of carbonyl (C=O) groups is 1. The van der Waals surface area contributed by atoms with Gasteiger partial charge in [-0.05, 0) is 24.3 Å². The maximum Gasteiger partial charge on any atom is 0.356 e. The predicted octanol–water partition coefficient (Wildman–Crippen LogP) is 1.23. The van der Waals surface area contributed by atoms with Crippen molar-refractivity contribution in [2.24, 2.45) is 0 Å². The molecule has 0 saturated carbocycles. The van der Waals surface area contributed by atoms with Crippen molar-refractivity contribution < 1.29 is 18.0 Å². The van der Waals surface area contributed by atoms with Gasteiger partial charge in [0.15, 0.2) is 0 Å². The number of carbonyl (C=O) groups excluding carboxylic acids is 1. The second-order valence-electron chi connectivity index (χ2n) is 2.92. The molecule has 0 unspecified atom stereocenters. The van der Waals surface area contributed by atoms with Gasteiger partial charge < -0.3 is 5.32 Å². The first-order chi connectivity index (χ1) is 7.93. The highest BCUT2D eigenvalue weighted by molar-refractivity contribution is 7.89. The van der Waals surface area contributed by atoms with E-state index in [2.05, 4.69) is 10.2 Å². The minimum atomic E-state index is -4.04. The van der Waals surface area contributed by atoms with E-state index >= 15 is 0 Å². The second-order valence-corrected chi connectivity index (χ2v) is 5.11. The number of nitrogens with one attached hydrogen (secondary N) is 1. The smallest absolute Gasteiger partial charge is 0.338 e. The average Bonchev–Trinajstić information content (AvgIpc) is 2.29. The molecule has 0 bridgehead atoms. The van der Waals surface area contributed by atoms with E-state index in [1.54, 1.807) is 0 Å². The van der Waals surface area contributed by atoms with E-state index < -0.39 is 16.1 Å². The average molecular weight is 279 g/mol. The number of hydrogen-bond acceptors (Lipinski definition) is 4. The number of hydroxylamine groups is 1. The zero-order chi connectivity index (χ0) is 13.1. The van der Waals surface area contributed by atoms with Crippen LogP contribution in [0.4, 0.5) is 4.79 Å². The van der Waals surface area contributed by atoms with Gasteiger partial charge in [0.1, 0.15) is 0 Å². The van der Waals surface area contributed by atoms with Gasteiger partial charge in [0.05, 0.1) is 12.0 Å². The third-order valence-corrected chi connectivity index (χ3v) is 3.75. The molecule has 1 aromatic rings. The Bertz CT molecular complexity index is 500. The number of nitrogens with zero attached hydrogens (tertiary/aromatic N) is 1. The van der Waals surface area contributed by atoms with Crippen molar-refractivity contribution in [2.75, 3.05) is 14.2 Å². The van der Waals surface area contributed by atoms with Gasteiger partial charge in [-0.15, -0.1) is 0 Å². The quantitative estimate of drug-likeness (QED) is 0.844. The number of amides is 2. The number of urea groups is 1. The number of sulfonamides is 1. The molecule has 0 aliphatic carbocycles. The first-order valence-corrected chi connectivity index (χ1v) is 6.32. The van der Waals surface area contributed by atoms with Gasteiger partial charge in [-0.3, -0.25) is 4.84 Å². The van der Waals surface area contributed by atoms with Crippen molar-refractivity contribution in [1.29, 1.82) is 0 Å². The van der Waals surface area contributed by atoms with Crippen LogP contribution >= 0.6 is 11.6 Å². The lowest BCUT2D eigenvalue weighted by Crippen LogP contribution is -2.41. The lowest BCUT2D eigenvalue weighted by molar-refractivity contribution is -0.0101. The summed E-state index contributed by atoms with van der Waals surface area (Å²) in [6, 6.07) is 4.50. The van der Waals surface area contributed by atoms with Gasteiger partial charge in [0.25, 0.3) is 10.0 Å². The van der Waals surface area contributed by atoms with Crippen LogP contribution in [0.1, 0.15) is 0 Å². The van der Waals surface area contributed by atoms with Crippen LogP contribution in [0, 0.1) is 0 Å². The largest absolute Gasteiger partial charge is 0.356 e. The molecule has 2 amide bonds. The Balaban J connectivity index is 3.17. The SMILES string of the molecule is CNC(=O)N(OC)S(=O)(=O)c1ccc(Cl)cc1. The van der Waals surface area contributed by atoms with Crippen molar-refractivity contribution in [3.05, 3.63) is 29.3 Å². The lowest BCUT2D eigenvalue weighted by Gasteiger charge is -2.18. The predicted molar refractivity (Wildman–Crippen MR) is 61.9 cm³/mol. The molecule has 1 N–H and O–H groups in total. The first kappa shape index (κ1) is 13.8. The summed E-state index contributed by atoms with van der Waals surface area (Å²) in [5, 5.41) is 2.56. The minimum absolute atomic E-state index is 0.0904. The fraction of sp³-hybridized carbons (Fsp3) is 0.222. The Morgan fingerprint density at radius 1 is 1.35 bits per heavy atom. The summed E-state index contributed by atoms with van der Waals surface area (Å²) >= 11 is 5.65. The van der Waals surface area contributed by atoms with Gasteiger partial charge in [-0.1, -0.05) is 16.1 Å². The molecule has 1 rings (SSSR count). The number of rotatable bonds is 3. The molecule has 0 spiro atoms. The molecular weight excluding hydrogens is 268 g/mol. The fourth-order valence-corrected chi connectivity index (χ4v) is 2.39. The molecule has 1 aromatic carbocycles. The van der Waals surface area contributed by atoms with E-state index in [-0.39, 0.29) is 9.36 Å². The molecule has 0 fully saturated rings. The van der Waals surface area contributed by atoms with Crippen LogP contribution in [-0.4, -0.2) is 33.1 Å². The minimum Gasteiger partial charge on any atom is -0.338 e. The van der Waals surface area contributed by atoms with Crippen LogP contribution in [0.25, 0.3) is 0 Å². The Morgan fingerprint density at radius 2 is 1.88 bits per heavy atom. The molecule has 94 valence electrons. The maximum atomic E-state index is 12.0. The highest BCUT2D eigenvalue weighted by Gasteiger charge is 2.29. The molecule has 6 nitrogen and oxygen atoms in total. The van der Waals surface area contributed by atoms with Crippen molar-refractivity contribution in [3.63, 3.8) is 0 Å². The Morgan fingerprint density at radius 3 is 2.29 bits per heavy atom. The van der Waals surface area contributed by atoms with E-state index in [9.17, 15) is 13.2 Å². The third-order valence-electron chi connectivity index (χ3n) is 1.88. The van der Waals surface area contributed by atoms with Crippen molar-refractivity contribution in [2.45, 2.75) is 4.90 Å². The molecule has 0 aliphatic rings. The third kappa shape index (κ3) is 2.87. The summed E-state index contributed by atoms with van der Waals surface area (Å²) < 4.78 is 24.2. The Kier molecular flexibility index (Phi) is 4.33. The highest BCUT2D eigenvalue weighted by atomic mass is 35.5. The number of hydrogen-bond donors (Lipinski definition) is 1. The molecule has 0 atom stereocenters. The normalized spacial score (nSPS) is 11.0.